The molecule has 39 heavy (non-hydrogen) atoms. The number of halogens is 4. The Kier molecular flexibility index (Phi) is 6.98. The summed E-state index contributed by atoms with van der Waals surface area (Å²) < 4.78 is 48.0. The van der Waals surface area contributed by atoms with Crippen molar-refractivity contribution in [1.82, 2.24) is 14.8 Å². The van der Waals surface area contributed by atoms with Crippen LogP contribution in [0.2, 0.25) is 5.02 Å². The molecule has 0 aliphatic carbocycles. The summed E-state index contributed by atoms with van der Waals surface area (Å²) in [4.78, 5) is 29.2. The number of anilines is 1. The van der Waals surface area contributed by atoms with Crippen molar-refractivity contribution in [3.8, 4) is 16.9 Å². The number of fused-ring (bicyclic) bond motifs is 1. The average Bonchev–Trinajstić information content (AvgIpc) is 3.53. The van der Waals surface area contributed by atoms with Crippen LogP contribution in [0.3, 0.4) is 0 Å². The first-order valence-electron chi connectivity index (χ1n) is 11.2. The van der Waals surface area contributed by atoms with Crippen molar-refractivity contribution < 1.29 is 27.5 Å². The minimum Gasteiger partial charge on any atom is -0.471 e. The lowest BCUT2D eigenvalue weighted by atomic mass is 10.0. The number of benzene rings is 2. The van der Waals surface area contributed by atoms with Gasteiger partial charge in [0, 0.05) is 16.6 Å². The third kappa shape index (κ3) is 5.42. The van der Waals surface area contributed by atoms with Gasteiger partial charge in [0.15, 0.2) is 6.73 Å². The number of amides is 2. The number of hydrogen-bond acceptors (Lipinski definition) is 6. The number of thiophene rings is 1. The molecule has 13 heteroatoms. The van der Waals surface area contributed by atoms with E-state index in [9.17, 15) is 22.8 Å². The van der Waals surface area contributed by atoms with Gasteiger partial charge in [0.25, 0.3) is 11.8 Å². The van der Waals surface area contributed by atoms with E-state index in [1.807, 2.05) is 0 Å². The highest BCUT2D eigenvalue weighted by Crippen LogP contribution is 2.43. The zero-order valence-electron chi connectivity index (χ0n) is 19.7. The van der Waals surface area contributed by atoms with Crippen LogP contribution in [0.25, 0.3) is 21.3 Å². The highest BCUT2D eigenvalue weighted by atomic mass is 35.5. The van der Waals surface area contributed by atoms with E-state index in [1.165, 1.54) is 16.9 Å². The van der Waals surface area contributed by atoms with Gasteiger partial charge in [-0.25, -0.2) is 9.67 Å². The summed E-state index contributed by atoms with van der Waals surface area (Å²) in [5.74, 6) is -1.13. The third-order valence-electron chi connectivity index (χ3n) is 5.62. The van der Waals surface area contributed by atoms with Crippen molar-refractivity contribution in [2.75, 3.05) is 5.32 Å². The lowest BCUT2D eigenvalue weighted by Crippen LogP contribution is -2.21. The van der Waals surface area contributed by atoms with E-state index >= 15 is 0 Å². The number of nitrogens with one attached hydrogen (secondary N) is 1. The SMILES string of the molecule is NC(=O)c1sc2nc(C(F)(F)F)cc(-c3ccccc3)c2c1NC(=O)c1ccnn1COc1ccc(Cl)cc1. The van der Waals surface area contributed by atoms with Gasteiger partial charge in [0.1, 0.15) is 26.8 Å². The van der Waals surface area contributed by atoms with Crippen LogP contribution in [-0.4, -0.2) is 26.6 Å². The minimum atomic E-state index is -4.74. The van der Waals surface area contributed by atoms with Gasteiger partial charge >= 0.3 is 6.18 Å². The first-order valence-corrected chi connectivity index (χ1v) is 12.4. The molecule has 5 aromatic rings. The Balaban J connectivity index is 1.56. The molecule has 2 amide bonds. The lowest BCUT2D eigenvalue weighted by Gasteiger charge is -2.13. The van der Waals surface area contributed by atoms with Crippen LogP contribution in [-0.2, 0) is 12.9 Å². The molecule has 0 saturated carbocycles. The van der Waals surface area contributed by atoms with Gasteiger partial charge in [-0.15, -0.1) is 11.3 Å². The first kappa shape index (κ1) is 26.2. The average molecular weight is 572 g/mol. The molecule has 8 nitrogen and oxygen atoms in total. The van der Waals surface area contributed by atoms with E-state index in [-0.39, 0.29) is 38.8 Å². The van der Waals surface area contributed by atoms with Crippen molar-refractivity contribution in [2.45, 2.75) is 12.9 Å². The van der Waals surface area contributed by atoms with Crippen LogP contribution in [0.4, 0.5) is 18.9 Å². The maximum Gasteiger partial charge on any atom is 0.433 e. The summed E-state index contributed by atoms with van der Waals surface area (Å²) in [6, 6.07) is 17.2. The Morgan fingerprint density at radius 2 is 1.79 bits per heavy atom. The van der Waals surface area contributed by atoms with Gasteiger partial charge in [-0.2, -0.15) is 18.3 Å². The lowest BCUT2D eigenvalue weighted by molar-refractivity contribution is -0.140. The molecule has 0 unspecified atom stereocenters. The van der Waals surface area contributed by atoms with Crippen molar-refractivity contribution >= 4 is 50.7 Å². The van der Waals surface area contributed by atoms with E-state index in [0.717, 1.165) is 6.07 Å². The van der Waals surface area contributed by atoms with Crippen LogP contribution in [0.5, 0.6) is 5.75 Å². The summed E-state index contributed by atoms with van der Waals surface area (Å²) in [6.45, 7) is -0.129. The molecule has 0 aliphatic rings. The molecule has 0 saturated heterocycles. The van der Waals surface area contributed by atoms with Gasteiger partial charge in [0.2, 0.25) is 0 Å². The summed E-state index contributed by atoms with van der Waals surface area (Å²) >= 11 is 6.55. The Bertz CT molecular complexity index is 1690. The number of aromatic nitrogens is 3. The Labute approximate surface area is 227 Å². The summed E-state index contributed by atoms with van der Waals surface area (Å²) in [6.07, 6.45) is -3.36. The maximum absolute atomic E-state index is 13.7. The molecular formula is C26H17ClF3N5O3S. The number of carbonyl (C=O) groups is 2. The van der Waals surface area contributed by atoms with Gasteiger partial charge in [-0.3, -0.25) is 9.59 Å². The van der Waals surface area contributed by atoms with Gasteiger partial charge in [0.05, 0.1) is 5.69 Å². The monoisotopic (exact) mass is 571 g/mol. The highest BCUT2D eigenvalue weighted by molar-refractivity contribution is 7.21. The largest absolute Gasteiger partial charge is 0.471 e. The molecule has 0 fully saturated rings. The standard InChI is InChI=1S/C26H17ClF3N5O3S/c27-15-6-8-16(9-7-15)38-13-35-18(10-11-32-35)24(37)34-21-20-17(14-4-2-1-3-5-14)12-19(26(28,29)30)33-25(20)39-22(21)23(31)36/h1-12H,13H2,(H2,31,36)(H,34,37). The van der Waals surface area contributed by atoms with Crippen LogP contribution in [0.1, 0.15) is 25.9 Å². The van der Waals surface area contributed by atoms with E-state index < -0.39 is 23.7 Å². The molecule has 0 bridgehead atoms. The Morgan fingerprint density at radius 3 is 2.46 bits per heavy atom. The zero-order chi connectivity index (χ0) is 27.7. The number of nitrogens with zero attached hydrogens (tertiary/aromatic N) is 3. The van der Waals surface area contributed by atoms with Crippen molar-refractivity contribution in [2.24, 2.45) is 5.73 Å². The zero-order valence-corrected chi connectivity index (χ0v) is 21.3. The summed E-state index contributed by atoms with van der Waals surface area (Å²) in [5, 5.41) is 7.43. The van der Waals surface area contributed by atoms with Crippen molar-refractivity contribution in [3.05, 3.63) is 94.2 Å². The number of pyridine rings is 1. The van der Waals surface area contributed by atoms with Crippen LogP contribution >= 0.6 is 22.9 Å². The molecule has 3 N–H and O–H groups in total. The molecule has 0 radical (unpaired) electrons. The number of rotatable bonds is 7. The molecule has 5 rings (SSSR count). The number of nitrogens with two attached hydrogens (primary N) is 1. The number of ether oxygens (including phenoxy) is 1. The second-order valence-electron chi connectivity index (χ2n) is 8.17. The molecule has 3 aromatic heterocycles. The van der Waals surface area contributed by atoms with E-state index in [2.05, 4.69) is 15.4 Å². The number of hydrogen-bond donors (Lipinski definition) is 2. The first-order chi connectivity index (χ1) is 18.6. The predicted octanol–water partition coefficient (Wildman–Crippen LogP) is 6.22. The number of carbonyl (C=O) groups excluding carboxylic acids is 2. The molecule has 198 valence electrons. The summed E-state index contributed by atoms with van der Waals surface area (Å²) in [5.41, 5.74) is 5.01. The van der Waals surface area contributed by atoms with Crippen LogP contribution < -0.4 is 15.8 Å². The van der Waals surface area contributed by atoms with Crippen molar-refractivity contribution in [1.29, 1.82) is 0 Å². The number of primary amides is 1. The molecule has 0 aliphatic heterocycles. The summed E-state index contributed by atoms with van der Waals surface area (Å²) in [7, 11) is 0. The fourth-order valence-electron chi connectivity index (χ4n) is 3.85. The van der Waals surface area contributed by atoms with Gasteiger partial charge in [-0.05, 0) is 47.5 Å². The highest BCUT2D eigenvalue weighted by Gasteiger charge is 2.35. The molecular weight excluding hydrogens is 555 g/mol. The fraction of sp³-hybridized carbons (Fsp3) is 0.0769. The second-order valence-corrected chi connectivity index (χ2v) is 9.60. The van der Waals surface area contributed by atoms with Crippen molar-refractivity contribution in [3.63, 3.8) is 0 Å². The molecule has 3 heterocycles. The molecule has 0 spiro atoms. The third-order valence-corrected chi connectivity index (χ3v) is 6.97. The molecule has 2 aromatic carbocycles. The minimum absolute atomic E-state index is 0.0426. The quantitative estimate of drug-likeness (QED) is 0.241. The second kappa shape index (κ2) is 10.4. The fourth-order valence-corrected chi connectivity index (χ4v) is 4.99. The molecule has 0 atom stereocenters. The van der Waals surface area contributed by atoms with E-state index in [4.69, 9.17) is 22.1 Å². The number of alkyl halides is 3. The Hall–Kier alpha value is -4.42. The van der Waals surface area contributed by atoms with Crippen LogP contribution in [0.15, 0.2) is 72.9 Å². The van der Waals surface area contributed by atoms with Gasteiger partial charge < -0.3 is 15.8 Å². The van der Waals surface area contributed by atoms with Gasteiger partial charge in [-0.1, -0.05) is 41.9 Å². The topological polar surface area (TPSA) is 112 Å². The normalized spacial score (nSPS) is 11.5. The smallest absolute Gasteiger partial charge is 0.433 e. The predicted molar refractivity (Wildman–Crippen MR) is 141 cm³/mol. The van der Waals surface area contributed by atoms with Crippen LogP contribution in [0, 0.1) is 0 Å². The maximum atomic E-state index is 13.7. The van der Waals surface area contributed by atoms with E-state index in [1.54, 1.807) is 54.6 Å². The van der Waals surface area contributed by atoms with E-state index in [0.29, 0.717) is 27.7 Å². The Morgan fingerprint density at radius 1 is 1.08 bits per heavy atom.